The molecule has 1 fully saturated rings. The van der Waals surface area contributed by atoms with Crippen LogP contribution in [-0.2, 0) is 0 Å². The Hall–Kier alpha value is -1.13. The second-order valence-electron chi connectivity index (χ2n) is 7.69. The summed E-state index contributed by atoms with van der Waals surface area (Å²) in [6.07, 6.45) is 11.1. The molecule has 0 aromatic heterocycles. The smallest absolute Gasteiger partial charge is 0.0163 e. The predicted molar refractivity (Wildman–Crippen MR) is 117 cm³/mol. The molecule has 0 spiro atoms. The van der Waals surface area contributed by atoms with Crippen LogP contribution in [0, 0.1) is 31.6 Å². The van der Waals surface area contributed by atoms with E-state index >= 15 is 0 Å². The van der Waals surface area contributed by atoms with Crippen LogP contribution in [0.1, 0.15) is 57.1 Å². The van der Waals surface area contributed by atoms with E-state index in [-0.39, 0.29) is 7.92 Å². The van der Waals surface area contributed by atoms with Crippen molar-refractivity contribution in [3.8, 4) is 0 Å². The summed E-state index contributed by atoms with van der Waals surface area (Å²) in [4.78, 5) is 0. The van der Waals surface area contributed by atoms with Gasteiger partial charge >= 0.3 is 0 Å². The Morgan fingerprint density at radius 1 is 0.654 bits per heavy atom. The van der Waals surface area contributed by atoms with Gasteiger partial charge in [-0.15, -0.1) is 0 Å². The fourth-order valence-electron chi connectivity index (χ4n) is 3.31. The van der Waals surface area contributed by atoms with Crippen molar-refractivity contribution in [1.82, 2.24) is 0 Å². The first-order chi connectivity index (χ1) is 12.5. The third-order valence-corrected chi connectivity index (χ3v) is 7.61. The van der Waals surface area contributed by atoms with Gasteiger partial charge in [0.15, 0.2) is 0 Å². The molecule has 1 heteroatoms. The summed E-state index contributed by atoms with van der Waals surface area (Å²) in [6, 6.07) is 18.7. The minimum absolute atomic E-state index is 0.319. The second-order valence-corrected chi connectivity index (χ2v) is 10.0. The van der Waals surface area contributed by atoms with Crippen molar-refractivity contribution in [3.63, 3.8) is 0 Å². The van der Waals surface area contributed by atoms with E-state index in [1.54, 1.807) is 0 Å². The summed E-state index contributed by atoms with van der Waals surface area (Å²) in [5.74, 6) is 2.63. The van der Waals surface area contributed by atoms with Gasteiger partial charge in [0.1, 0.15) is 0 Å². The lowest BCUT2D eigenvalue weighted by molar-refractivity contribution is 0.867. The first kappa shape index (κ1) is 19.6. The number of rotatable bonds is 7. The molecular formula is C25H30P. The highest BCUT2D eigenvalue weighted by Crippen LogP contribution is 2.38. The third-order valence-electron chi connectivity index (χ3n) is 5.10. The minimum atomic E-state index is -0.319. The molecule has 0 saturated heterocycles. The van der Waals surface area contributed by atoms with Crippen LogP contribution in [0.15, 0.2) is 48.5 Å². The molecule has 0 nitrogen and oxygen atoms in total. The summed E-state index contributed by atoms with van der Waals surface area (Å²) >= 11 is 0. The maximum absolute atomic E-state index is 2.36. The van der Waals surface area contributed by atoms with Crippen molar-refractivity contribution in [3.05, 3.63) is 91.3 Å². The van der Waals surface area contributed by atoms with Gasteiger partial charge in [-0.25, -0.2) is 0 Å². The van der Waals surface area contributed by atoms with Gasteiger partial charge in [0, 0.05) is 0 Å². The molecule has 1 aliphatic carbocycles. The molecule has 5 radical (unpaired) electrons. The van der Waals surface area contributed by atoms with Crippen LogP contribution in [0.4, 0.5) is 0 Å². The van der Waals surface area contributed by atoms with Crippen LogP contribution >= 0.6 is 7.92 Å². The minimum Gasteiger partial charge on any atom is -0.0587 e. The molecule has 0 atom stereocenters. The van der Waals surface area contributed by atoms with Gasteiger partial charge in [-0.2, -0.15) is 0 Å². The van der Waals surface area contributed by atoms with E-state index in [0.29, 0.717) is 11.8 Å². The van der Waals surface area contributed by atoms with E-state index < -0.39 is 0 Å². The Labute approximate surface area is 162 Å². The Balaban J connectivity index is 1.82. The highest BCUT2D eigenvalue weighted by molar-refractivity contribution is 7.73. The van der Waals surface area contributed by atoms with E-state index in [1.807, 2.05) is 0 Å². The molecule has 0 aliphatic heterocycles. The monoisotopic (exact) mass is 361 g/mol. The Kier molecular flexibility index (Phi) is 6.93. The Morgan fingerprint density at radius 2 is 1.08 bits per heavy atom. The first-order valence-corrected chi connectivity index (χ1v) is 11.3. The van der Waals surface area contributed by atoms with Gasteiger partial charge in [0.2, 0.25) is 0 Å². The first-order valence-electron chi connectivity index (χ1n) is 9.72. The molecule has 0 heterocycles. The topological polar surface area (TPSA) is 0 Å². The zero-order chi connectivity index (χ0) is 18.5. The molecule has 26 heavy (non-hydrogen) atoms. The fraction of sp³-hybridized carbons (Fsp3) is 0.320. The van der Waals surface area contributed by atoms with Crippen LogP contribution in [0.5, 0.6) is 0 Å². The van der Waals surface area contributed by atoms with Gasteiger partial charge in [-0.1, -0.05) is 76.2 Å². The van der Waals surface area contributed by atoms with Crippen LogP contribution in [0.25, 0.3) is 0 Å². The van der Waals surface area contributed by atoms with E-state index in [4.69, 9.17) is 0 Å². The van der Waals surface area contributed by atoms with Gasteiger partial charge in [-0.05, 0) is 85.7 Å². The molecule has 2 aromatic carbocycles. The highest BCUT2D eigenvalue weighted by atomic mass is 31.1. The molecule has 1 saturated carbocycles. The average molecular weight is 361 g/mol. The van der Waals surface area contributed by atoms with Crippen molar-refractivity contribution in [2.24, 2.45) is 0 Å². The van der Waals surface area contributed by atoms with Gasteiger partial charge in [-0.3, -0.25) is 0 Å². The van der Waals surface area contributed by atoms with E-state index in [2.05, 4.69) is 102 Å². The molecule has 1 aliphatic rings. The molecule has 135 valence electrons. The lowest BCUT2D eigenvalue weighted by Crippen LogP contribution is -2.16. The zero-order valence-corrected chi connectivity index (χ0v) is 17.3. The SMILES string of the molecule is CC(C)c1ccc(P(CC[C]2[CH][CH][CH][CH]2)c2ccc(C(C)C)cc2)cc1. The van der Waals surface area contributed by atoms with Crippen LogP contribution in [0.3, 0.4) is 0 Å². The van der Waals surface area contributed by atoms with E-state index in [0.717, 1.165) is 6.42 Å². The average Bonchev–Trinajstić information content (AvgIpc) is 3.16. The van der Waals surface area contributed by atoms with Gasteiger partial charge in [0.05, 0.1) is 0 Å². The van der Waals surface area contributed by atoms with E-state index in [1.165, 1.54) is 33.8 Å². The third kappa shape index (κ3) is 4.98. The predicted octanol–water partition coefficient (Wildman–Crippen LogP) is 6.16. The van der Waals surface area contributed by atoms with Crippen molar-refractivity contribution >= 4 is 18.5 Å². The molecule has 0 unspecified atom stereocenters. The highest BCUT2D eigenvalue weighted by Gasteiger charge is 2.21. The Morgan fingerprint density at radius 3 is 1.46 bits per heavy atom. The molecule has 0 amide bonds. The van der Waals surface area contributed by atoms with Crippen molar-refractivity contribution in [2.45, 2.75) is 46.0 Å². The maximum Gasteiger partial charge on any atom is -0.0163 e. The quantitative estimate of drug-likeness (QED) is 0.518. The standard InChI is InChI=1S/C25H30P/c1-19(2)22-9-13-24(14-10-22)26(18-17-21-7-5-6-8-21)25-15-11-23(12-16-25)20(3)4/h5-16,19-20H,17-18H2,1-4H3. The van der Waals surface area contributed by atoms with Gasteiger partial charge in [0.25, 0.3) is 0 Å². The molecule has 0 bridgehead atoms. The van der Waals surface area contributed by atoms with Gasteiger partial charge < -0.3 is 0 Å². The summed E-state index contributed by atoms with van der Waals surface area (Å²) in [7, 11) is -0.319. The normalized spacial score (nSPS) is 15.5. The number of hydrogen-bond acceptors (Lipinski definition) is 0. The van der Waals surface area contributed by atoms with Crippen molar-refractivity contribution in [2.75, 3.05) is 6.16 Å². The summed E-state index contributed by atoms with van der Waals surface area (Å²) in [5, 5.41) is 2.99. The maximum atomic E-state index is 2.36. The molecule has 2 aromatic rings. The largest absolute Gasteiger partial charge is 0.0587 e. The Bertz CT molecular complexity index is 609. The second kappa shape index (κ2) is 9.18. The lowest BCUT2D eigenvalue weighted by atomic mass is 10.0. The summed E-state index contributed by atoms with van der Waals surface area (Å²) in [6.45, 7) is 9.05. The van der Waals surface area contributed by atoms with Crippen LogP contribution in [0.2, 0.25) is 0 Å². The number of benzene rings is 2. The van der Waals surface area contributed by atoms with Crippen molar-refractivity contribution < 1.29 is 0 Å². The molecular weight excluding hydrogens is 331 g/mol. The summed E-state index contributed by atoms with van der Waals surface area (Å²) < 4.78 is 0. The van der Waals surface area contributed by atoms with Crippen molar-refractivity contribution in [1.29, 1.82) is 0 Å². The molecule has 0 N–H and O–H groups in total. The molecule has 3 rings (SSSR count). The number of hydrogen-bond donors (Lipinski definition) is 0. The summed E-state index contributed by atoms with van der Waals surface area (Å²) in [5.41, 5.74) is 2.85. The van der Waals surface area contributed by atoms with Crippen LogP contribution in [-0.4, -0.2) is 6.16 Å². The fourth-order valence-corrected chi connectivity index (χ4v) is 5.62. The van der Waals surface area contributed by atoms with E-state index in [9.17, 15) is 0 Å². The zero-order valence-electron chi connectivity index (χ0n) is 16.4. The lowest BCUT2D eigenvalue weighted by Gasteiger charge is -2.21. The van der Waals surface area contributed by atoms with Crippen LogP contribution < -0.4 is 10.6 Å².